The van der Waals surface area contributed by atoms with Crippen molar-refractivity contribution in [3.8, 4) is 0 Å². The van der Waals surface area contributed by atoms with E-state index >= 15 is 0 Å². The van der Waals surface area contributed by atoms with E-state index in [4.69, 9.17) is 11.6 Å². The third-order valence-corrected chi connectivity index (χ3v) is 4.26. The van der Waals surface area contributed by atoms with Gasteiger partial charge in [0, 0.05) is 18.7 Å². The second kappa shape index (κ2) is 6.80. The van der Waals surface area contributed by atoms with Crippen molar-refractivity contribution in [3.05, 3.63) is 33.3 Å². The normalized spacial score (nSPS) is 12.7. The van der Waals surface area contributed by atoms with Crippen LogP contribution >= 0.6 is 11.6 Å². The number of carbonyl (C=O) groups is 1. The highest BCUT2D eigenvalue weighted by Gasteiger charge is 2.24. The Hall–Kier alpha value is -1.75. The van der Waals surface area contributed by atoms with E-state index in [9.17, 15) is 28.4 Å². The van der Waals surface area contributed by atoms with Crippen LogP contribution in [0.3, 0.4) is 0 Å². The minimum Gasteiger partial charge on any atom is -0.467 e. The standard InChI is InChI=1S/C10H11ClN2O7S/c1-20-10(15)8(14)5-12-21(18,19)9-4-6(13(16)17)2-3-7(9)11/h2-4,8,12,14H,5H2,1H3. The molecule has 0 aromatic heterocycles. The number of rotatable bonds is 6. The van der Waals surface area contributed by atoms with Gasteiger partial charge in [-0.2, -0.15) is 0 Å². The number of methoxy groups -OCH3 is 1. The summed E-state index contributed by atoms with van der Waals surface area (Å²) in [4.78, 5) is 20.3. The molecule has 0 radical (unpaired) electrons. The average molecular weight is 339 g/mol. The predicted octanol–water partition coefficient (Wildman–Crippen LogP) is 0.0604. The summed E-state index contributed by atoms with van der Waals surface area (Å²) < 4.78 is 30.1. The molecule has 1 atom stereocenters. The lowest BCUT2D eigenvalue weighted by atomic mass is 10.3. The SMILES string of the molecule is COC(=O)C(O)CNS(=O)(=O)c1cc([N+](=O)[O-])ccc1Cl. The molecule has 0 aliphatic carbocycles. The smallest absolute Gasteiger partial charge is 0.336 e. The first-order valence-electron chi connectivity index (χ1n) is 5.38. The van der Waals surface area contributed by atoms with E-state index in [1.54, 1.807) is 0 Å². The van der Waals surface area contributed by atoms with Crippen LogP contribution in [0.2, 0.25) is 5.02 Å². The van der Waals surface area contributed by atoms with Crippen LogP contribution in [-0.4, -0.2) is 44.2 Å². The summed E-state index contributed by atoms with van der Waals surface area (Å²) in [5, 5.41) is 19.7. The molecule has 2 N–H and O–H groups in total. The van der Waals surface area contributed by atoms with Gasteiger partial charge in [0.05, 0.1) is 17.1 Å². The number of nitrogens with zero attached hydrogens (tertiary/aromatic N) is 1. The van der Waals surface area contributed by atoms with Gasteiger partial charge in [0.25, 0.3) is 5.69 Å². The second-order valence-corrected chi connectivity index (χ2v) is 5.91. The first kappa shape index (κ1) is 17.3. The molecule has 116 valence electrons. The van der Waals surface area contributed by atoms with Gasteiger partial charge >= 0.3 is 5.97 Å². The molecule has 21 heavy (non-hydrogen) atoms. The van der Waals surface area contributed by atoms with Gasteiger partial charge in [-0.25, -0.2) is 17.9 Å². The van der Waals surface area contributed by atoms with Crippen LogP contribution < -0.4 is 4.72 Å². The van der Waals surface area contributed by atoms with E-state index in [-0.39, 0.29) is 5.02 Å². The van der Waals surface area contributed by atoms with Crippen LogP contribution in [0.1, 0.15) is 0 Å². The van der Waals surface area contributed by atoms with E-state index in [0.717, 1.165) is 25.3 Å². The molecule has 0 spiro atoms. The van der Waals surface area contributed by atoms with Gasteiger partial charge in [0.15, 0.2) is 6.10 Å². The Kier molecular flexibility index (Phi) is 5.61. The maximum Gasteiger partial charge on any atom is 0.336 e. The summed E-state index contributed by atoms with van der Waals surface area (Å²) in [5.74, 6) is -1.03. The Morgan fingerprint density at radius 3 is 2.71 bits per heavy atom. The quantitative estimate of drug-likeness (QED) is 0.425. The molecule has 0 fully saturated rings. The van der Waals surface area contributed by atoms with E-state index < -0.39 is 44.1 Å². The second-order valence-electron chi connectivity index (χ2n) is 3.76. The molecule has 1 aromatic rings. The number of nitrogens with one attached hydrogen (secondary N) is 1. The summed E-state index contributed by atoms with van der Waals surface area (Å²) in [6, 6.07) is 2.88. The minimum absolute atomic E-state index is 0.236. The van der Waals surface area contributed by atoms with Crippen molar-refractivity contribution in [2.45, 2.75) is 11.0 Å². The van der Waals surface area contributed by atoms with Crippen molar-refractivity contribution in [3.63, 3.8) is 0 Å². The Bertz CT molecular complexity index is 661. The number of hydrogen-bond donors (Lipinski definition) is 2. The molecule has 11 heteroatoms. The van der Waals surface area contributed by atoms with Crippen LogP contribution in [0, 0.1) is 10.1 Å². The fraction of sp³-hybridized carbons (Fsp3) is 0.300. The molecular weight excluding hydrogens is 328 g/mol. The lowest BCUT2D eigenvalue weighted by Gasteiger charge is -2.11. The minimum atomic E-state index is -4.24. The Morgan fingerprint density at radius 2 is 2.19 bits per heavy atom. The van der Waals surface area contributed by atoms with Gasteiger partial charge in [0.1, 0.15) is 4.90 Å². The van der Waals surface area contributed by atoms with Gasteiger partial charge in [-0.1, -0.05) is 11.6 Å². The van der Waals surface area contributed by atoms with Crippen molar-refractivity contribution >= 4 is 33.3 Å². The van der Waals surface area contributed by atoms with Gasteiger partial charge in [-0.05, 0) is 6.07 Å². The maximum absolute atomic E-state index is 12.0. The van der Waals surface area contributed by atoms with Crippen molar-refractivity contribution in [2.75, 3.05) is 13.7 Å². The summed E-state index contributed by atoms with van der Waals surface area (Å²) in [6.07, 6.45) is -1.71. The van der Waals surface area contributed by atoms with E-state index in [1.165, 1.54) is 0 Å². The molecule has 0 saturated heterocycles. The Morgan fingerprint density at radius 1 is 1.57 bits per heavy atom. The zero-order valence-corrected chi connectivity index (χ0v) is 12.2. The molecule has 0 saturated carbocycles. The van der Waals surface area contributed by atoms with Crippen LogP contribution in [-0.2, 0) is 19.6 Å². The topological polar surface area (TPSA) is 136 Å². The summed E-state index contributed by atoms with van der Waals surface area (Å²) in [5.41, 5.74) is -0.465. The first-order valence-corrected chi connectivity index (χ1v) is 7.24. The molecule has 0 amide bonds. The van der Waals surface area contributed by atoms with Gasteiger partial charge in [-0.3, -0.25) is 10.1 Å². The maximum atomic E-state index is 12.0. The molecule has 0 heterocycles. The third kappa shape index (κ3) is 4.36. The highest BCUT2D eigenvalue weighted by molar-refractivity contribution is 7.89. The summed E-state index contributed by atoms with van der Waals surface area (Å²) >= 11 is 5.69. The molecule has 1 rings (SSSR count). The van der Waals surface area contributed by atoms with Crippen LogP contribution in [0.4, 0.5) is 5.69 Å². The lowest BCUT2D eigenvalue weighted by Crippen LogP contribution is -2.37. The number of ether oxygens (including phenoxy) is 1. The number of esters is 1. The first-order chi connectivity index (χ1) is 9.69. The number of aliphatic hydroxyl groups excluding tert-OH is 1. The van der Waals surface area contributed by atoms with Gasteiger partial charge in [-0.15, -0.1) is 0 Å². The van der Waals surface area contributed by atoms with Gasteiger partial charge in [0.2, 0.25) is 10.0 Å². The largest absolute Gasteiger partial charge is 0.467 e. The predicted molar refractivity (Wildman–Crippen MR) is 71.3 cm³/mol. The zero-order valence-electron chi connectivity index (χ0n) is 10.6. The molecular formula is C10H11ClN2O7S. The number of nitro groups is 1. The molecule has 0 bridgehead atoms. The number of benzene rings is 1. The van der Waals surface area contributed by atoms with E-state index in [1.807, 2.05) is 4.72 Å². The number of hydrogen-bond acceptors (Lipinski definition) is 7. The monoisotopic (exact) mass is 338 g/mol. The Labute approximate surface area is 124 Å². The fourth-order valence-electron chi connectivity index (χ4n) is 1.30. The van der Waals surface area contributed by atoms with Crippen LogP contribution in [0.5, 0.6) is 0 Å². The van der Waals surface area contributed by atoms with Crippen molar-refractivity contribution in [2.24, 2.45) is 0 Å². The number of aliphatic hydroxyl groups is 1. The molecule has 0 aliphatic rings. The summed E-state index contributed by atoms with van der Waals surface area (Å²) in [6.45, 7) is -0.659. The lowest BCUT2D eigenvalue weighted by molar-refractivity contribution is -0.385. The zero-order chi connectivity index (χ0) is 16.2. The highest BCUT2D eigenvalue weighted by atomic mass is 35.5. The molecule has 1 unspecified atom stereocenters. The van der Waals surface area contributed by atoms with Crippen molar-refractivity contribution < 1.29 is 28.0 Å². The molecule has 9 nitrogen and oxygen atoms in total. The Balaban J connectivity index is 3.00. The number of carbonyl (C=O) groups excluding carboxylic acids is 1. The summed E-state index contributed by atoms with van der Waals surface area (Å²) in [7, 11) is -3.21. The van der Waals surface area contributed by atoms with Crippen molar-refractivity contribution in [1.29, 1.82) is 0 Å². The van der Waals surface area contributed by atoms with E-state index in [2.05, 4.69) is 4.74 Å². The fourth-order valence-corrected chi connectivity index (χ4v) is 2.85. The average Bonchev–Trinajstić information content (AvgIpc) is 2.43. The van der Waals surface area contributed by atoms with E-state index in [0.29, 0.717) is 0 Å². The van der Waals surface area contributed by atoms with Gasteiger partial charge < -0.3 is 9.84 Å². The number of halogens is 1. The van der Waals surface area contributed by atoms with Crippen LogP contribution in [0.15, 0.2) is 23.1 Å². The number of non-ortho nitro benzene ring substituents is 1. The van der Waals surface area contributed by atoms with Crippen molar-refractivity contribution in [1.82, 2.24) is 4.72 Å². The highest BCUT2D eigenvalue weighted by Crippen LogP contribution is 2.25. The number of nitro benzene ring substituents is 1. The van der Waals surface area contributed by atoms with Crippen LogP contribution in [0.25, 0.3) is 0 Å². The number of sulfonamides is 1. The molecule has 1 aromatic carbocycles. The molecule has 0 aliphatic heterocycles. The third-order valence-electron chi connectivity index (χ3n) is 2.36.